The van der Waals surface area contributed by atoms with Gasteiger partial charge in [0.25, 0.3) is 0 Å². The summed E-state index contributed by atoms with van der Waals surface area (Å²) >= 11 is 0. The quantitative estimate of drug-likeness (QED) is 0.672. The van der Waals surface area contributed by atoms with E-state index in [1.807, 2.05) is 24.3 Å². The molecule has 0 radical (unpaired) electrons. The summed E-state index contributed by atoms with van der Waals surface area (Å²) in [6.07, 6.45) is -3.01. The lowest BCUT2D eigenvalue weighted by molar-refractivity contribution is -0.274. The highest BCUT2D eigenvalue weighted by Gasteiger charge is 2.31. The average molecular weight is 347 g/mol. The van der Waals surface area contributed by atoms with E-state index in [0.717, 1.165) is 17.7 Å². The van der Waals surface area contributed by atoms with Crippen molar-refractivity contribution in [3.8, 4) is 22.8 Å². The number of benzene rings is 2. The minimum atomic E-state index is -4.71. The third-order valence-corrected chi connectivity index (χ3v) is 3.70. The largest absolute Gasteiger partial charge is 0.573 e. The predicted octanol–water partition coefficient (Wildman–Crippen LogP) is 3.90. The molecule has 8 heteroatoms. The normalized spacial score (nSPS) is 16.7. The second-order valence-corrected chi connectivity index (χ2v) is 5.50. The first-order valence-corrected chi connectivity index (χ1v) is 7.48. The van der Waals surface area contributed by atoms with Gasteiger partial charge in [0.05, 0.1) is 12.3 Å². The average Bonchev–Trinajstić information content (AvgIpc) is 3.31. The van der Waals surface area contributed by atoms with Crippen LogP contribution in [0.5, 0.6) is 5.75 Å². The van der Waals surface area contributed by atoms with Gasteiger partial charge < -0.3 is 9.47 Å². The van der Waals surface area contributed by atoms with Crippen molar-refractivity contribution < 1.29 is 22.6 Å². The van der Waals surface area contributed by atoms with Crippen LogP contribution in [-0.2, 0) is 4.74 Å². The molecule has 0 aliphatic carbocycles. The Morgan fingerprint density at radius 1 is 1.04 bits per heavy atom. The van der Waals surface area contributed by atoms with Crippen molar-refractivity contribution in [3.63, 3.8) is 0 Å². The third kappa shape index (κ3) is 3.63. The van der Waals surface area contributed by atoms with Crippen molar-refractivity contribution in [2.24, 2.45) is 0 Å². The number of nitrogens with zero attached hydrogens (tertiary/aromatic N) is 3. The Morgan fingerprint density at radius 3 is 2.32 bits per heavy atom. The summed E-state index contributed by atoms with van der Waals surface area (Å²) in [6.45, 7) is 0.750. The summed E-state index contributed by atoms with van der Waals surface area (Å²) in [5.41, 5.74) is 2.54. The fourth-order valence-electron chi connectivity index (χ4n) is 2.41. The van der Waals surface area contributed by atoms with E-state index in [0.29, 0.717) is 11.5 Å². The Bertz CT molecular complexity index is 869. The maximum Gasteiger partial charge on any atom is 0.573 e. The molecule has 25 heavy (non-hydrogen) atoms. The Balaban J connectivity index is 1.52. The van der Waals surface area contributed by atoms with E-state index in [4.69, 9.17) is 4.74 Å². The molecule has 3 aromatic rings. The number of hydrogen-bond donors (Lipinski definition) is 0. The van der Waals surface area contributed by atoms with Crippen LogP contribution in [0.3, 0.4) is 0 Å². The van der Waals surface area contributed by atoms with Crippen LogP contribution in [0, 0.1) is 0 Å². The van der Waals surface area contributed by atoms with Gasteiger partial charge in [0.1, 0.15) is 18.2 Å². The zero-order valence-corrected chi connectivity index (χ0v) is 12.8. The Morgan fingerprint density at radius 2 is 1.72 bits per heavy atom. The smallest absolute Gasteiger partial charge is 0.406 e. The fraction of sp³-hybridized carbons (Fsp3) is 0.176. The van der Waals surface area contributed by atoms with Crippen LogP contribution in [0.25, 0.3) is 17.1 Å². The van der Waals surface area contributed by atoms with Crippen molar-refractivity contribution in [1.29, 1.82) is 0 Å². The van der Waals surface area contributed by atoms with Gasteiger partial charge in [0.2, 0.25) is 0 Å². The van der Waals surface area contributed by atoms with E-state index < -0.39 is 6.36 Å². The minimum Gasteiger partial charge on any atom is -0.406 e. The van der Waals surface area contributed by atoms with Crippen LogP contribution in [0.4, 0.5) is 13.2 Å². The number of epoxide rings is 1. The Labute approximate surface area is 140 Å². The van der Waals surface area contributed by atoms with Crippen LogP contribution >= 0.6 is 0 Å². The van der Waals surface area contributed by atoms with E-state index in [1.54, 1.807) is 0 Å². The minimum absolute atomic E-state index is 0.192. The summed E-state index contributed by atoms with van der Waals surface area (Å²) in [6, 6.07) is 13.2. The number of aromatic nitrogens is 3. The predicted molar refractivity (Wildman–Crippen MR) is 82.2 cm³/mol. The van der Waals surface area contributed by atoms with E-state index in [-0.39, 0.29) is 11.9 Å². The van der Waals surface area contributed by atoms with Gasteiger partial charge >= 0.3 is 6.36 Å². The van der Waals surface area contributed by atoms with Crippen molar-refractivity contribution in [2.45, 2.75) is 12.5 Å². The van der Waals surface area contributed by atoms with Crippen LogP contribution < -0.4 is 4.74 Å². The van der Waals surface area contributed by atoms with Gasteiger partial charge in [-0.2, -0.15) is 0 Å². The van der Waals surface area contributed by atoms with Crippen molar-refractivity contribution in [1.82, 2.24) is 14.8 Å². The zero-order chi connectivity index (χ0) is 17.4. The molecule has 5 nitrogen and oxygen atoms in total. The van der Waals surface area contributed by atoms with Crippen molar-refractivity contribution in [3.05, 3.63) is 60.4 Å². The molecule has 1 saturated heterocycles. The monoisotopic (exact) mass is 347 g/mol. The first-order valence-electron chi connectivity index (χ1n) is 7.48. The third-order valence-electron chi connectivity index (χ3n) is 3.70. The summed E-state index contributed by atoms with van der Waals surface area (Å²) in [5, 5.41) is 4.36. The molecule has 1 aliphatic rings. The number of hydrogen-bond acceptors (Lipinski definition) is 4. The molecule has 1 aliphatic heterocycles. The maximum atomic E-state index is 12.2. The fourth-order valence-corrected chi connectivity index (χ4v) is 2.41. The second kappa shape index (κ2) is 5.89. The van der Waals surface area contributed by atoms with Crippen LogP contribution in [0.1, 0.15) is 11.7 Å². The lowest BCUT2D eigenvalue weighted by Gasteiger charge is -2.09. The lowest BCUT2D eigenvalue weighted by atomic mass is 10.1. The highest BCUT2D eigenvalue weighted by molar-refractivity contribution is 5.55. The Kier molecular flexibility index (Phi) is 3.69. The molecule has 0 N–H and O–H groups in total. The summed E-state index contributed by atoms with van der Waals surface area (Å²) in [4.78, 5) is 4.24. The Hall–Kier alpha value is -2.87. The molecular formula is C17H12F3N3O2. The van der Waals surface area contributed by atoms with E-state index in [9.17, 15) is 13.2 Å². The second-order valence-electron chi connectivity index (χ2n) is 5.50. The maximum absolute atomic E-state index is 12.2. The molecule has 2 heterocycles. The van der Waals surface area contributed by atoms with Gasteiger partial charge in [-0.1, -0.05) is 24.3 Å². The molecule has 1 aromatic heterocycles. The van der Waals surface area contributed by atoms with Gasteiger partial charge in [-0.15, -0.1) is 18.3 Å². The lowest BCUT2D eigenvalue weighted by Crippen LogP contribution is -2.17. The molecule has 1 unspecified atom stereocenters. The molecule has 0 bridgehead atoms. The molecule has 4 rings (SSSR count). The van der Waals surface area contributed by atoms with E-state index >= 15 is 0 Å². The molecule has 128 valence electrons. The molecule has 0 amide bonds. The van der Waals surface area contributed by atoms with Crippen LogP contribution in [-0.4, -0.2) is 27.7 Å². The van der Waals surface area contributed by atoms with Crippen LogP contribution in [0.2, 0.25) is 0 Å². The summed E-state index contributed by atoms with van der Waals surface area (Å²) < 4.78 is 47.1. The van der Waals surface area contributed by atoms with Crippen molar-refractivity contribution in [2.75, 3.05) is 6.61 Å². The zero-order valence-electron chi connectivity index (χ0n) is 12.8. The van der Waals surface area contributed by atoms with Gasteiger partial charge in [-0.25, -0.2) is 9.67 Å². The molecule has 0 saturated carbocycles. The van der Waals surface area contributed by atoms with Gasteiger partial charge in [0, 0.05) is 5.56 Å². The first kappa shape index (κ1) is 15.6. The molecule has 2 aromatic carbocycles. The molecule has 1 fully saturated rings. The highest BCUT2D eigenvalue weighted by atomic mass is 19.4. The molecule has 0 spiro atoms. The van der Waals surface area contributed by atoms with Crippen LogP contribution in [0.15, 0.2) is 54.9 Å². The summed E-state index contributed by atoms with van der Waals surface area (Å²) in [7, 11) is 0. The van der Waals surface area contributed by atoms with Gasteiger partial charge in [-0.3, -0.25) is 0 Å². The number of halogens is 3. The first-order chi connectivity index (χ1) is 12.0. The standard InChI is InChI=1S/C17H12F3N3O2/c18-17(19,20)25-14-7-5-13(6-8-14)23-10-21-16(22-23)12-3-1-11(2-4-12)15-9-24-15/h1-8,10,15H,9H2. The van der Waals surface area contributed by atoms with E-state index in [2.05, 4.69) is 14.8 Å². The van der Waals surface area contributed by atoms with Gasteiger partial charge in [-0.05, 0) is 29.8 Å². The number of alkyl halides is 3. The topological polar surface area (TPSA) is 52.5 Å². The number of rotatable bonds is 4. The highest BCUT2D eigenvalue weighted by Crippen LogP contribution is 2.30. The number of ether oxygens (including phenoxy) is 2. The summed E-state index contributed by atoms with van der Waals surface area (Å²) in [5.74, 6) is 0.244. The SMILES string of the molecule is FC(F)(F)Oc1ccc(-n2cnc(-c3ccc(C4CO4)cc3)n2)cc1. The van der Waals surface area contributed by atoms with E-state index in [1.165, 1.54) is 35.3 Å². The molecular weight excluding hydrogens is 335 g/mol. The van der Waals surface area contributed by atoms with Gasteiger partial charge in [0.15, 0.2) is 5.82 Å². The molecule has 1 atom stereocenters. The van der Waals surface area contributed by atoms with Crippen molar-refractivity contribution >= 4 is 0 Å².